The van der Waals surface area contributed by atoms with E-state index in [1.807, 2.05) is 6.07 Å². The number of rotatable bonds is 7. The van der Waals surface area contributed by atoms with Crippen LogP contribution in [0.1, 0.15) is 18.9 Å². The van der Waals surface area contributed by atoms with Crippen LogP contribution in [0.2, 0.25) is 0 Å². The van der Waals surface area contributed by atoms with Crippen LogP contribution in [0.5, 0.6) is 0 Å². The number of aliphatic hydroxyl groups is 1. The number of carbonyl (C=O) groups is 2. The zero-order valence-corrected chi connectivity index (χ0v) is 10.8. The lowest BCUT2D eigenvalue weighted by atomic mass is 9.92. The summed E-state index contributed by atoms with van der Waals surface area (Å²) in [6.45, 7) is 1.87. The van der Waals surface area contributed by atoms with Gasteiger partial charge in [0.2, 0.25) is 0 Å². The van der Waals surface area contributed by atoms with Gasteiger partial charge >= 0.3 is 11.9 Å². The molecular weight excluding hydrogens is 248 g/mol. The molecule has 0 fully saturated rings. The van der Waals surface area contributed by atoms with E-state index in [9.17, 15) is 14.7 Å². The van der Waals surface area contributed by atoms with E-state index in [0.717, 1.165) is 5.56 Å². The standard InChI is InChI=1S/C14H18O5/c1-2-19-13(16)9-12(15)11(14(17)18)8-10-6-4-3-5-7-10/h3-7,11-12,15H,2,8-9H2,1H3,(H,17,18)/t11-,12+/m1/s1. The van der Waals surface area contributed by atoms with Gasteiger partial charge in [-0.1, -0.05) is 30.3 Å². The number of esters is 1. The maximum atomic E-state index is 11.3. The van der Waals surface area contributed by atoms with E-state index in [1.165, 1.54) is 0 Å². The molecule has 1 aromatic carbocycles. The fourth-order valence-electron chi connectivity index (χ4n) is 1.79. The molecule has 0 aliphatic heterocycles. The van der Waals surface area contributed by atoms with Gasteiger partial charge < -0.3 is 14.9 Å². The molecule has 5 heteroatoms. The zero-order chi connectivity index (χ0) is 14.3. The molecule has 0 bridgehead atoms. The second-order valence-corrected chi connectivity index (χ2v) is 4.21. The molecule has 0 aromatic heterocycles. The Morgan fingerprint density at radius 2 is 1.89 bits per heavy atom. The van der Waals surface area contributed by atoms with Gasteiger partial charge in [0.05, 0.1) is 25.0 Å². The average Bonchev–Trinajstić information content (AvgIpc) is 2.36. The third kappa shape index (κ3) is 5.09. The molecule has 2 atom stereocenters. The molecule has 1 aromatic rings. The van der Waals surface area contributed by atoms with Crippen LogP contribution in [0, 0.1) is 5.92 Å². The third-order valence-electron chi connectivity index (χ3n) is 2.76. The number of carboxylic acids is 1. The Kier molecular flexibility index (Phi) is 6.02. The first-order valence-electron chi connectivity index (χ1n) is 6.15. The summed E-state index contributed by atoms with van der Waals surface area (Å²) in [5, 5.41) is 19.0. The topological polar surface area (TPSA) is 83.8 Å². The largest absolute Gasteiger partial charge is 0.481 e. The molecule has 0 aliphatic rings. The lowest BCUT2D eigenvalue weighted by molar-refractivity contribution is -0.150. The van der Waals surface area contributed by atoms with Gasteiger partial charge in [-0.25, -0.2) is 0 Å². The number of benzene rings is 1. The van der Waals surface area contributed by atoms with E-state index < -0.39 is 24.0 Å². The van der Waals surface area contributed by atoms with Gasteiger partial charge in [-0.05, 0) is 18.9 Å². The van der Waals surface area contributed by atoms with Crippen molar-refractivity contribution in [1.82, 2.24) is 0 Å². The van der Waals surface area contributed by atoms with E-state index in [4.69, 9.17) is 9.84 Å². The third-order valence-corrected chi connectivity index (χ3v) is 2.76. The van der Waals surface area contributed by atoms with Crippen molar-refractivity contribution in [2.45, 2.75) is 25.9 Å². The number of hydrogen-bond acceptors (Lipinski definition) is 4. The molecule has 5 nitrogen and oxygen atoms in total. The summed E-state index contributed by atoms with van der Waals surface area (Å²) in [4.78, 5) is 22.4. The number of ether oxygens (including phenoxy) is 1. The number of hydrogen-bond donors (Lipinski definition) is 2. The minimum Gasteiger partial charge on any atom is -0.481 e. The number of aliphatic carboxylic acids is 1. The zero-order valence-electron chi connectivity index (χ0n) is 10.8. The van der Waals surface area contributed by atoms with Crippen LogP contribution in [0.4, 0.5) is 0 Å². The van der Waals surface area contributed by atoms with Gasteiger partial charge in [0, 0.05) is 0 Å². The van der Waals surface area contributed by atoms with Crippen LogP contribution in [0.25, 0.3) is 0 Å². The van der Waals surface area contributed by atoms with E-state index in [0.29, 0.717) is 0 Å². The average molecular weight is 266 g/mol. The van der Waals surface area contributed by atoms with Crippen LogP contribution in [-0.4, -0.2) is 34.9 Å². The van der Waals surface area contributed by atoms with E-state index >= 15 is 0 Å². The van der Waals surface area contributed by atoms with Crippen molar-refractivity contribution in [1.29, 1.82) is 0 Å². The summed E-state index contributed by atoms with van der Waals surface area (Å²) in [5.41, 5.74) is 0.804. The van der Waals surface area contributed by atoms with Gasteiger partial charge in [0.15, 0.2) is 0 Å². The Morgan fingerprint density at radius 3 is 2.42 bits per heavy atom. The monoisotopic (exact) mass is 266 g/mol. The summed E-state index contributed by atoms with van der Waals surface area (Å²) >= 11 is 0. The maximum Gasteiger partial charge on any atom is 0.309 e. The lowest BCUT2D eigenvalue weighted by Crippen LogP contribution is -2.32. The first-order valence-corrected chi connectivity index (χ1v) is 6.15. The second kappa shape index (κ2) is 7.53. The normalized spacial score (nSPS) is 13.6. The molecule has 0 amide bonds. The van der Waals surface area contributed by atoms with Gasteiger partial charge in [0.1, 0.15) is 0 Å². The van der Waals surface area contributed by atoms with E-state index in [-0.39, 0.29) is 19.4 Å². The first kappa shape index (κ1) is 15.2. The molecule has 0 saturated carbocycles. The second-order valence-electron chi connectivity index (χ2n) is 4.21. The summed E-state index contributed by atoms with van der Waals surface area (Å²) < 4.78 is 4.70. The van der Waals surface area contributed by atoms with E-state index in [1.54, 1.807) is 31.2 Å². The van der Waals surface area contributed by atoms with Crippen molar-refractivity contribution < 1.29 is 24.5 Å². The van der Waals surface area contributed by atoms with Gasteiger partial charge in [-0.2, -0.15) is 0 Å². The fraction of sp³-hybridized carbons (Fsp3) is 0.429. The van der Waals surface area contributed by atoms with Crippen molar-refractivity contribution >= 4 is 11.9 Å². The molecule has 0 saturated heterocycles. The molecule has 19 heavy (non-hydrogen) atoms. The van der Waals surface area contributed by atoms with Crippen molar-refractivity contribution in [2.24, 2.45) is 5.92 Å². The van der Waals surface area contributed by atoms with Crippen molar-refractivity contribution in [3.63, 3.8) is 0 Å². The predicted octanol–water partition coefficient (Wildman–Crippen LogP) is 1.24. The Hall–Kier alpha value is -1.88. The van der Waals surface area contributed by atoms with Gasteiger partial charge in [0.25, 0.3) is 0 Å². The fourth-order valence-corrected chi connectivity index (χ4v) is 1.79. The first-order chi connectivity index (χ1) is 9.04. The number of carboxylic acid groups (broad SMARTS) is 1. The Balaban J connectivity index is 2.67. The maximum absolute atomic E-state index is 11.3. The Bertz CT molecular complexity index is 415. The molecular formula is C14H18O5. The van der Waals surface area contributed by atoms with Gasteiger partial charge in [-0.3, -0.25) is 9.59 Å². The molecule has 0 aliphatic carbocycles. The molecule has 1 rings (SSSR count). The SMILES string of the molecule is CCOC(=O)C[C@H](O)[C@@H](Cc1ccccc1)C(=O)O. The van der Waals surface area contributed by atoms with Crippen molar-refractivity contribution in [2.75, 3.05) is 6.61 Å². The molecule has 0 unspecified atom stereocenters. The Morgan fingerprint density at radius 1 is 1.26 bits per heavy atom. The highest BCUT2D eigenvalue weighted by Gasteiger charge is 2.28. The predicted molar refractivity (Wildman–Crippen MR) is 68.5 cm³/mol. The van der Waals surface area contributed by atoms with Crippen molar-refractivity contribution in [3.8, 4) is 0 Å². The van der Waals surface area contributed by atoms with Crippen molar-refractivity contribution in [3.05, 3.63) is 35.9 Å². The summed E-state index contributed by atoms with van der Waals surface area (Å²) in [6.07, 6.45) is -1.38. The quantitative estimate of drug-likeness (QED) is 0.725. The molecule has 0 radical (unpaired) electrons. The summed E-state index contributed by atoms with van der Waals surface area (Å²) in [6, 6.07) is 8.99. The van der Waals surface area contributed by atoms with Crippen LogP contribution in [-0.2, 0) is 20.7 Å². The minimum atomic E-state index is -1.25. The molecule has 2 N–H and O–H groups in total. The molecule has 0 spiro atoms. The van der Waals surface area contributed by atoms with Crippen LogP contribution in [0.3, 0.4) is 0 Å². The molecule has 0 heterocycles. The van der Waals surface area contributed by atoms with Gasteiger partial charge in [-0.15, -0.1) is 0 Å². The Labute approximate surface area is 111 Å². The van der Waals surface area contributed by atoms with Crippen LogP contribution in [0.15, 0.2) is 30.3 Å². The van der Waals surface area contributed by atoms with E-state index in [2.05, 4.69) is 0 Å². The highest BCUT2D eigenvalue weighted by atomic mass is 16.5. The lowest BCUT2D eigenvalue weighted by Gasteiger charge is -2.18. The smallest absolute Gasteiger partial charge is 0.309 e. The number of carbonyl (C=O) groups excluding carboxylic acids is 1. The van der Waals surface area contributed by atoms with Crippen LogP contribution >= 0.6 is 0 Å². The molecule has 104 valence electrons. The minimum absolute atomic E-state index is 0.177. The summed E-state index contributed by atoms with van der Waals surface area (Å²) in [7, 11) is 0. The number of aliphatic hydroxyl groups excluding tert-OH is 1. The highest BCUT2D eigenvalue weighted by Crippen LogP contribution is 2.16. The summed E-state index contributed by atoms with van der Waals surface area (Å²) in [5.74, 6) is -2.73. The highest BCUT2D eigenvalue weighted by molar-refractivity contribution is 5.74. The van der Waals surface area contributed by atoms with Crippen LogP contribution < -0.4 is 0 Å².